The second-order valence-electron chi connectivity index (χ2n) is 10.6. The molecule has 212 valence electrons. The van der Waals surface area contributed by atoms with Crippen LogP contribution in [0.15, 0.2) is 0 Å². The van der Waals surface area contributed by atoms with Gasteiger partial charge >= 0.3 is 254 Å². The third-order valence-electron chi connectivity index (χ3n) is 6.72. The molecule has 0 rings (SSSR count). The van der Waals surface area contributed by atoms with Gasteiger partial charge in [0.15, 0.2) is 0 Å². The first-order valence-electron chi connectivity index (χ1n) is 16.5. The molecule has 0 aromatic heterocycles. The van der Waals surface area contributed by atoms with E-state index in [1.807, 2.05) is 0 Å². The van der Waals surface area contributed by atoms with Crippen LogP contribution in [0.2, 0.25) is 35.5 Å². The van der Waals surface area contributed by atoms with Crippen molar-refractivity contribution in [1.29, 1.82) is 0 Å². The zero-order valence-electron chi connectivity index (χ0n) is 26.5. The van der Waals surface area contributed by atoms with Crippen LogP contribution in [-0.4, -0.2) is 60.7 Å². The van der Waals surface area contributed by atoms with Crippen LogP contribution in [-0.2, 0) is 0 Å². The summed E-state index contributed by atoms with van der Waals surface area (Å²) in [5.41, 5.74) is 0. The molecule has 3 heteroatoms. The van der Waals surface area contributed by atoms with Crippen LogP contribution in [0.4, 0.5) is 0 Å². The van der Waals surface area contributed by atoms with Gasteiger partial charge in [-0.3, -0.25) is 0 Å². The molecule has 0 fully saturated rings. The van der Waals surface area contributed by atoms with Gasteiger partial charge in [-0.1, -0.05) is 0 Å². The Balaban J connectivity index is -0.000000448. The fraction of sp³-hybridized carbons (Fsp3) is 1.00. The molecule has 0 heterocycles. The van der Waals surface area contributed by atoms with Gasteiger partial charge in [-0.2, -0.15) is 0 Å². The predicted octanol–water partition coefficient (Wildman–Crippen LogP) is 12.9. The first kappa shape index (κ1) is 41.9. The summed E-state index contributed by atoms with van der Waals surface area (Å²) in [4.78, 5) is 0. The minimum absolute atomic E-state index is 0.149. The summed E-state index contributed by atoms with van der Waals surface area (Å²) in [7, 11) is 0. The molecule has 0 nitrogen and oxygen atoms in total. The predicted molar refractivity (Wildman–Crippen MR) is 175 cm³/mol. The van der Waals surface area contributed by atoms with Gasteiger partial charge in [0.2, 0.25) is 0 Å². The van der Waals surface area contributed by atoms with Gasteiger partial charge < -0.3 is 0 Å². The van der Waals surface area contributed by atoms with Crippen molar-refractivity contribution in [2.75, 3.05) is 0 Å². The van der Waals surface area contributed by atoms with E-state index < -0.39 is 39.5 Å². The number of hydrogen-bond acceptors (Lipinski definition) is 0. The summed E-state index contributed by atoms with van der Waals surface area (Å²) in [6, 6.07) is 0. The molecule has 0 atom stereocenters. The fourth-order valence-electron chi connectivity index (χ4n) is 4.04. The first-order chi connectivity index (χ1) is 17.1. The monoisotopic (exact) mass is 816 g/mol. The van der Waals surface area contributed by atoms with Crippen LogP contribution >= 0.6 is 0 Å². The molecule has 0 aliphatic heterocycles. The van der Waals surface area contributed by atoms with E-state index in [0.717, 1.165) is 0 Å². The van der Waals surface area contributed by atoms with Crippen molar-refractivity contribution in [2.24, 2.45) is 0 Å². The second kappa shape index (κ2) is 40.9. The van der Waals surface area contributed by atoms with E-state index in [9.17, 15) is 0 Å². The quantitative estimate of drug-likeness (QED) is 0.0673. The molecule has 0 bridgehead atoms. The Kier molecular flexibility index (Phi) is 48.9. The zero-order chi connectivity index (χ0) is 26.8. The van der Waals surface area contributed by atoms with E-state index >= 15 is 0 Å². The SMILES string of the molecule is CCC[CH2][Sn]([CH2]CCC)[CH2]CCC.CCC[CH2][Sn]([CH2]CCC)[CH2]CCC.CCC[CH2][Sn][CH2]CCC. The molecule has 0 saturated heterocycles. The topological polar surface area (TPSA) is 0 Å². The summed E-state index contributed by atoms with van der Waals surface area (Å²) < 4.78 is 13.3. The normalized spacial score (nSPS) is 10.8. The molecule has 35 heavy (non-hydrogen) atoms. The average molecular weight is 813 g/mol. The van der Waals surface area contributed by atoms with Gasteiger partial charge in [0.25, 0.3) is 0 Å². The van der Waals surface area contributed by atoms with Crippen molar-refractivity contribution in [3.8, 4) is 0 Å². The molecule has 0 saturated carbocycles. The van der Waals surface area contributed by atoms with Crippen molar-refractivity contribution in [3.63, 3.8) is 0 Å². The molecule has 0 aromatic carbocycles. The first-order valence-corrected chi connectivity index (χ1v) is 32.6. The third-order valence-corrected chi connectivity index (χ3v) is 28.9. The van der Waals surface area contributed by atoms with E-state index in [1.54, 1.807) is 35.5 Å². The van der Waals surface area contributed by atoms with Crippen LogP contribution in [0.25, 0.3) is 0 Å². The second-order valence-corrected chi connectivity index (χ2v) is 32.0. The van der Waals surface area contributed by atoms with Gasteiger partial charge in [0.1, 0.15) is 0 Å². The van der Waals surface area contributed by atoms with Crippen molar-refractivity contribution in [3.05, 3.63) is 0 Å². The van der Waals surface area contributed by atoms with Crippen LogP contribution in [0.3, 0.4) is 0 Å². The van der Waals surface area contributed by atoms with E-state index in [2.05, 4.69) is 55.4 Å². The van der Waals surface area contributed by atoms with Gasteiger partial charge in [0.05, 0.1) is 0 Å². The molecular formula is C32H72Sn3. The zero-order valence-corrected chi connectivity index (χ0v) is 35.0. The maximum absolute atomic E-state index is 2.33. The van der Waals surface area contributed by atoms with Gasteiger partial charge in [-0.15, -0.1) is 0 Å². The number of rotatable bonds is 24. The van der Waals surface area contributed by atoms with Gasteiger partial charge in [-0.05, 0) is 0 Å². The summed E-state index contributed by atoms with van der Waals surface area (Å²) in [5.74, 6) is 0. The molecule has 0 aliphatic rings. The Morgan fingerprint density at radius 1 is 0.314 bits per heavy atom. The van der Waals surface area contributed by atoms with E-state index in [1.165, 1.54) is 103 Å². The van der Waals surface area contributed by atoms with Gasteiger partial charge in [-0.25, -0.2) is 0 Å². The Hall–Kier alpha value is 2.40. The number of hydrogen-bond donors (Lipinski definition) is 0. The molecule has 0 unspecified atom stereocenters. The number of unbranched alkanes of at least 4 members (excludes halogenated alkanes) is 8. The van der Waals surface area contributed by atoms with Crippen LogP contribution in [0, 0.1) is 0 Å². The van der Waals surface area contributed by atoms with Crippen molar-refractivity contribution < 1.29 is 0 Å². The maximum atomic E-state index is 2.33. The van der Waals surface area contributed by atoms with E-state index in [4.69, 9.17) is 0 Å². The van der Waals surface area contributed by atoms with Crippen molar-refractivity contribution in [2.45, 2.75) is 194 Å². The molecule has 0 spiro atoms. The molecule has 0 aromatic rings. The van der Waals surface area contributed by atoms with E-state index in [0.29, 0.717) is 0 Å². The summed E-state index contributed by atoms with van der Waals surface area (Å²) >= 11 is -1.53. The Labute approximate surface area is 251 Å². The average Bonchev–Trinajstić information content (AvgIpc) is 2.88. The molecule has 0 N–H and O–H groups in total. The molecule has 0 amide bonds. The minimum atomic E-state index is -0.839. The molecular weight excluding hydrogens is 740 g/mol. The molecule has 4 radical (unpaired) electrons. The van der Waals surface area contributed by atoms with Crippen LogP contribution < -0.4 is 0 Å². The van der Waals surface area contributed by atoms with E-state index in [-0.39, 0.29) is 21.1 Å². The molecule has 0 aliphatic carbocycles. The van der Waals surface area contributed by atoms with Crippen molar-refractivity contribution >= 4 is 60.7 Å². The summed E-state index contributed by atoms with van der Waals surface area (Å²) in [6.45, 7) is 18.6. The van der Waals surface area contributed by atoms with Crippen molar-refractivity contribution in [1.82, 2.24) is 0 Å². The third kappa shape index (κ3) is 41.0. The van der Waals surface area contributed by atoms with Crippen LogP contribution in [0.1, 0.15) is 158 Å². The Bertz CT molecular complexity index is 254. The Morgan fingerprint density at radius 3 is 0.686 bits per heavy atom. The van der Waals surface area contributed by atoms with Gasteiger partial charge in [0, 0.05) is 0 Å². The standard InChI is InChI=1S/8C4H9.3Sn/c8*1-3-4-2;;;/h8*1,3-4H2,2H3;;;. The Morgan fingerprint density at radius 2 is 0.514 bits per heavy atom. The van der Waals surface area contributed by atoms with Crippen LogP contribution in [0.5, 0.6) is 0 Å². The summed E-state index contributed by atoms with van der Waals surface area (Å²) in [5, 5.41) is 0. The fourth-order valence-corrected chi connectivity index (χ4v) is 27.1. The summed E-state index contributed by atoms with van der Waals surface area (Å²) in [6.07, 6.45) is 23.5.